The third-order valence-electron chi connectivity index (χ3n) is 6.62. The monoisotopic (exact) mass is 462 g/mol. The van der Waals surface area contributed by atoms with E-state index in [1.807, 2.05) is 42.5 Å². The Morgan fingerprint density at radius 2 is 1.55 bits per heavy atom. The van der Waals surface area contributed by atoms with Crippen molar-refractivity contribution in [3.63, 3.8) is 0 Å². The lowest BCUT2D eigenvalue weighted by atomic mass is 9.92. The van der Waals surface area contributed by atoms with Gasteiger partial charge in [0, 0.05) is 24.3 Å². The van der Waals surface area contributed by atoms with Crippen LogP contribution in [0, 0.1) is 0 Å². The van der Waals surface area contributed by atoms with Gasteiger partial charge in [-0.3, -0.25) is 4.72 Å². The average Bonchev–Trinajstić information content (AvgIpc) is 3.13. The van der Waals surface area contributed by atoms with E-state index >= 15 is 0 Å². The van der Waals surface area contributed by atoms with Crippen LogP contribution in [0.1, 0.15) is 49.7 Å². The highest BCUT2D eigenvalue weighted by atomic mass is 32.2. The average molecular weight is 463 g/mol. The van der Waals surface area contributed by atoms with Crippen LogP contribution in [0.4, 0.5) is 11.5 Å². The number of aryl methyl sites for hydroxylation is 2. The zero-order valence-electron chi connectivity index (χ0n) is 18.8. The maximum absolute atomic E-state index is 13.0. The van der Waals surface area contributed by atoms with Gasteiger partial charge in [-0.1, -0.05) is 31.0 Å². The molecule has 0 radical (unpaired) electrons. The van der Waals surface area contributed by atoms with Crippen molar-refractivity contribution >= 4 is 21.5 Å². The molecule has 0 unspecified atom stereocenters. The first-order chi connectivity index (χ1) is 16.1. The van der Waals surface area contributed by atoms with Crippen molar-refractivity contribution in [3.05, 3.63) is 65.7 Å². The SMILES string of the molecule is O=S(=O)(Nc1cccc(-c2ccc(N3CCCCCC3)nn2)c1)c1ccc2c(c1)CCCC2. The second-order valence-electron chi connectivity index (χ2n) is 9.00. The molecule has 2 aliphatic rings. The van der Waals surface area contributed by atoms with Gasteiger partial charge in [0.1, 0.15) is 0 Å². The summed E-state index contributed by atoms with van der Waals surface area (Å²) >= 11 is 0. The van der Waals surface area contributed by atoms with Crippen LogP contribution < -0.4 is 9.62 Å². The summed E-state index contributed by atoms with van der Waals surface area (Å²) in [4.78, 5) is 2.61. The van der Waals surface area contributed by atoms with Gasteiger partial charge in [-0.2, -0.15) is 0 Å². The summed E-state index contributed by atoms with van der Waals surface area (Å²) in [6.07, 6.45) is 9.19. The van der Waals surface area contributed by atoms with Gasteiger partial charge >= 0.3 is 0 Å². The zero-order valence-corrected chi connectivity index (χ0v) is 19.7. The maximum Gasteiger partial charge on any atom is 0.261 e. The molecule has 1 fully saturated rings. The molecule has 7 heteroatoms. The van der Waals surface area contributed by atoms with Crippen LogP contribution >= 0.6 is 0 Å². The van der Waals surface area contributed by atoms with Crippen molar-refractivity contribution in [3.8, 4) is 11.3 Å². The Bertz CT molecular complexity index is 1220. The molecule has 172 valence electrons. The van der Waals surface area contributed by atoms with E-state index in [-0.39, 0.29) is 0 Å². The lowest BCUT2D eigenvalue weighted by Crippen LogP contribution is -2.25. The Hall–Kier alpha value is -2.93. The van der Waals surface area contributed by atoms with Gasteiger partial charge in [0.2, 0.25) is 0 Å². The summed E-state index contributed by atoms with van der Waals surface area (Å²) in [6, 6.07) is 16.8. The minimum absolute atomic E-state index is 0.315. The van der Waals surface area contributed by atoms with Gasteiger partial charge in [-0.15, -0.1) is 10.2 Å². The van der Waals surface area contributed by atoms with Crippen LogP contribution in [0.25, 0.3) is 11.3 Å². The molecular weight excluding hydrogens is 432 g/mol. The Morgan fingerprint density at radius 3 is 2.30 bits per heavy atom. The van der Waals surface area contributed by atoms with Crippen LogP contribution in [0.3, 0.4) is 0 Å². The zero-order chi connectivity index (χ0) is 22.7. The Labute approximate surface area is 196 Å². The molecule has 1 aliphatic heterocycles. The number of anilines is 2. The largest absolute Gasteiger partial charge is 0.355 e. The molecule has 33 heavy (non-hydrogen) atoms. The summed E-state index contributed by atoms with van der Waals surface area (Å²) in [5.41, 5.74) is 4.49. The minimum atomic E-state index is -3.66. The fourth-order valence-electron chi connectivity index (χ4n) is 4.78. The van der Waals surface area contributed by atoms with E-state index in [1.165, 1.54) is 37.7 Å². The molecular formula is C26H30N4O2S. The van der Waals surface area contributed by atoms with Crippen LogP contribution in [-0.2, 0) is 22.9 Å². The number of rotatable bonds is 5. The van der Waals surface area contributed by atoms with E-state index in [4.69, 9.17) is 0 Å². The third kappa shape index (κ3) is 5.03. The molecule has 3 aromatic rings. The number of aromatic nitrogens is 2. The van der Waals surface area contributed by atoms with Gasteiger partial charge in [0.05, 0.1) is 10.6 Å². The summed E-state index contributed by atoms with van der Waals surface area (Å²) in [7, 11) is -3.66. The highest BCUT2D eigenvalue weighted by Gasteiger charge is 2.18. The van der Waals surface area contributed by atoms with Crippen LogP contribution in [-0.4, -0.2) is 31.7 Å². The Balaban J connectivity index is 1.34. The lowest BCUT2D eigenvalue weighted by molar-refractivity contribution is 0.600. The summed E-state index contributed by atoms with van der Waals surface area (Å²) < 4.78 is 28.8. The highest BCUT2D eigenvalue weighted by molar-refractivity contribution is 7.92. The van der Waals surface area contributed by atoms with Crippen LogP contribution in [0.5, 0.6) is 0 Å². The minimum Gasteiger partial charge on any atom is -0.355 e. The van der Waals surface area contributed by atoms with Crippen molar-refractivity contribution < 1.29 is 8.42 Å². The first kappa shape index (κ1) is 21.9. The standard InChI is InChI=1S/C26H30N4O2S/c31-33(32,24-13-12-20-8-3-4-9-21(20)19-24)29-23-11-7-10-22(18-23)25-14-15-26(28-27-25)30-16-5-1-2-6-17-30/h7,10-15,18-19,29H,1-6,8-9,16-17H2. The van der Waals surface area contributed by atoms with E-state index in [2.05, 4.69) is 19.8 Å². The summed E-state index contributed by atoms with van der Waals surface area (Å²) in [6.45, 7) is 2.04. The highest BCUT2D eigenvalue weighted by Crippen LogP contribution is 2.27. The Morgan fingerprint density at radius 1 is 0.758 bits per heavy atom. The second kappa shape index (κ2) is 9.51. The van der Waals surface area contributed by atoms with Crippen LogP contribution in [0.2, 0.25) is 0 Å². The molecule has 0 spiro atoms. The number of sulfonamides is 1. The van der Waals surface area contributed by atoms with Gasteiger partial charge in [0.15, 0.2) is 5.82 Å². The van der Waals surface area contributed by atoms with Gasteiger partial charge in [-0.25, -0.2) is 8.42 Å². The van der Waals surface area contributed by atoms with Gasteiger partial charge in [0.25, 0.3) is 10.0 Å². The smallest absolute Gasteiger partial charge is 0.261 e. The third-order valence-corrected chi connectivity index (χ3v) is 8.00. The molecule has 1 aliphatic carbocycles. The molecule has 0 amide bonds. The van der Waals surface area contributed by atoms with Crippen molar-refractivity contribution in [2.45, 2.75) is 56.3 Å². The van der Waals surface area contributed by atoms with Gasteiger partial charge in [-0.05, 0) is 86.1 Å². The fraction of sp³-hybridized carbons (Fsp3) is 0.385. The quantitative estimate of drug-likeness (QED) is 0.564. The van der Waals surface area contributed by atoms with Crippen LogP contribution in [0.15, 0.2) is 59.5 Å². The number of nitrogens with one attached hydrogen (secondary N) is 1. The number of hydrogen-bond acceptors (Lipinski definition) is 5. The van der Waals surface area contributed by atoms with E-state index in [0.717, 1.165) is 55.0 Å². The molecule has 1 aromatic heterocycles. The number of benzene rings is 2. The molecule has 0 saturated carbocycles. The molecule has 0 bridgehead atoms. The first-order valence-corrected chi connectivity index (χ1v) is 13.4. The predicted octanol–water partition coefficient (Wildman–Crippen LogP) is 5.20. The number of hydrogen-bond donors (Lipinski definition) is 1. The molecule has 6 nitrogen and oxygen atoms in total. The van der Waals surface area contributed by atoms with E-state index in [9.17, 15) is 8.42 Å². The van der Waals surface area contributed by atoms with E-state index < -0.39 is 10.0 Å². The van der Waals surface area contributed by atoms with Crippen molar-refractivity contribution in [2.24, 2.45) is 0 Å². The van der Waals surface area contributed by atoms with Crippen molar-refractivity contribution in [1.82, 2.24) is 10.2 Å². The summed E-state index contributed by atoms with van der Waals surface area (Å²) in [5.74, 6) is 0.907. The molecule has 1 saturated heterocycles. The topological polar surface area (TPSA) is 75.2 Å². The second-order valence-corrected chi connectivity index (χ2v) is 10.7. The van der Waals surface area contributed by atoms with E-state index in [1.54, 1.807) is 12.1 Å². The van der Waals surface area contributed by atoms with E-state index in [0.29, 0.717) is 10.6 Å². The van der Waals surface area contributed by atoms with Gasteiger partial charge < -0.3 is 4.90 Å². The van der Waals surface area contributed by atoms with Crippen molar-refractivity contribution in [2.75, 3.05) is 22.7 Å². The molecule has 5 rings (SSSR count). The fourth-order valence-corrected chi connectivity index (χ4v) is 5.88. The molecule has 2 heterocycles. The van der Waals surface area contributed by atoms with Crippen molar-refractivity contribution in [1.29, 1.82) is 0 Å². The molecule has 0 atom stereocenters. The predicted molar refractivity (Wildman–Crippen MR) is 132 cm³/mol. The normalized spacial score (nSPS) is 16.7. The molecule has 2 aromatic carbocycles. The number of fused-ring (bicyclic) bond motifs is 1. The summed E-state index contributed by atoms with van der Waals surface area (Å²) in [5, 5.41) is 8.88. The molecule has 1 N–H and O–H groups in total. The number of nitrogens with zero attached hydrogens (tertiary/aromatic N) is 3. The lowest BCUT2D eigenvalue weighted by Gasteiger charge is -2.20. The maximum atomic E-state index is 13.0. The first-order valence-electron chi connectivity index (χ1n) is 11.9. The Kier molecular flexibility index (Phi) is 6.31.